The van der Waals surface area contributed by atoms with E-state index in [0.29, 0.717) is 36.8 Å². The number of ketones is 1. The minimum atomic E-state index is -0.782. The predicted molar refractivity (Wildman–Crippen MR) is 167 cm³/mol. The Balaban J connectivity index is 1.46. The molecule has 1 heterocycles. The number of Topliss-reactive ketones (excluding diaryl/α,β-unsaturated/α-hetero) is 1. The monoisotopic (exact) mass is 613 g/mol. The summed E-state index contributed by atoms with van der Waals surface area (Å²) in [7, 11) is 1.000. The van der Waals surface area contributed by atoms with Gasteiger partial charge in [-0.05, 0) is 79.9 Å². The molecular weight excluding hydrogens is 565 g/mol. The minimum Gasteiger partial charge on any atom is -0.497 e. The van der Waals surface area contributed by atoms with E-state index in [4.69, 9.17) is 19.8 Å². The fraction of sp³-hybridized carbons (Fsp3) is 0.710. The molecule has 1 aromatic rings. The molecule has 2 bridgehead atoms. The number of nitro groups is 1. The van der Waals surface area contributed by atoms with E-state index in [-0.39, 0.29) is 60.4 Å². The zero-order valence-corrected chi connectivity index (χ0v) is 26.8. The molecule has 6 atom stereocenters. The van der Waals surface area contributed by atoms with Gasteiger partial charge in [0.05, 0.1) is 24.8 Å². The number of hydrogen-bond acceptors (Lipinski definition) is 8. The first-order valence-electron chi connectivity index (χ1n) is 15.7. The molecule has 242 valence electrons. The number of ether oxygens (including phenoxy) is 1. The average molecular weight is 614 g/mol. The molecule has 1 aliphatic heterocycles. The molecule has 3 saturated carbocycles. The van der Waals surface area contributed by atoms with Crippen molar-refractivity contribution in [2.45, 2.75) is 97.2 Å². The first-order valence-corrected chi connectivity index (χ1v) is 15.7. The quantitative estimate of drug-likeness (QED) is 0.0670. The molecule has 5 rings (SSSR count). The maximum Gasteiger partial charge on any atom is 0.481 e. The topological polar surface area (TPSA) is 167 Å². The Morgan fingerprint density at radius 3 is 2.68 bits per heavy atom. The Labute approximate surface area is 260 Å². The lowest BCUT2D eigenvalue weighted by Crippen LogP contribution is -2.65. The van der Waals surface area contributed by atoms with Gasteiger partial charge in [0.1, 0.15) is 11.5 Å². The van der Waals surface area contributed by atoms with Gasteiger partial charge < -0.3 is 25.1 Å². The number of hydrazine groups is 1. The Kier molecular flexibility index (Phi) is 10.6. The first kappa shape index (κ1) is 33.7. The van der Waals surface area contributed by atoms with Crippen LogP contribution in [0.1, 0.15) is 78.7 Å². The van der Waals surface area contributed by atoms with Crippen molar-refractivity contribution in [3.8, 4) is 5.75 Å². The van der Waals surface area contributed by atoms with Crippen LogP contribution in [-0.2, 0) is 25.3 Å². The van der Waals surface area contributed by atoms with Crippen molar-refractivity contribution in [1.82, 2.24) is 10.7 Å². The highest BCUT2D eigenvalue weighted by Gasteiger charge is 2.68. The van der Waals surface area contributed by atoms with Crippen molar-refractivity contribution in [2.75, 3.05) is 13.7 Å². The smallest absolute Gasteiger partial charge is 0.481 e. The van der Waals surface area contributed by atoms with Crippen molar-refractivity contribution in [1.29, 1.82) is 0 Å². The maximum atomic E-state index is 13.9. The van der Waals surface area contributed by atoms with E-state index >= 15 is 0 Å². The third kappa shape index (κ3) is 7.72. The van der Waals surface area contributed by atoms with Crippen molar-refractivity contribution < 1.29 is 28.7 Å². The second-order valence-corrected chi connectivity index (χ2v) is 13.8. The molecule has 1 aromatic carbocycles. The zero-order chi connectivity index (χ0) is 32.2. The number of nitrogens with two attached hydrogens (primary N) is 1. The fourth-order valence-electron chi connectivity index (χ4n) is 7.47. The van der Waals surface area contributed by atoms with Crippen LogP contribution in [0, 0.1) is 39.2 Å². The van der Waals surface area contributed by atoms with Crippen LogP contribution in [-0.4, -0.2) is 61.1 Å². The van der Waals surface area contributed by atoms with Gasteiger partial charge in [-0.25, -0.2) is 15.1 Å². The summed E-state index contributed by atoms with van der Waals surface area (Å²) in [4.78, 5) is 41.7. The van der Waals surface area contributed by atoms with Crippen molar-refractivity contribution >= 4 is 24.8 Å². The number of carbonyl (C=O) groups excluding carboxylic acids is 2. The van der Waals surface area contributed by atoms with Crippen molar-refractivity contribution in [3.63, 3.8) is 0 Å². The van der Waals surface area contributed by atoms with Crippen LogP contribution in [0.15, 0.2) is 29.3 Å². The SMILES string of the molecule is COc1cccc(CC(=O)C[C@@H](CCCN=C(N)N[N+](=O)[O-])C(=O)N[C@@H](CC(C)C)B2O[C@@H]3C[C@H]4C[C@H](C4(C)C)[C@]3(C)O2)c1. The number of methoxy groups -OCH3 is 1. The number of benzene rings is 1. The van der Waals surface area contributed by atoms with Crippen LogP contribution in [0.2, 0.25) is 0 Å². The molecule has 1 amide bonds. The van der Waals surface area contributed by atoms with Gasteiger partial charge in [-0.1, -0.05) is 45.3 Å². The average Bonchev–Trinajstić information content (AvgIpc) is 3.31. The van der Waals surface area contributed by atoms with E-state index in [2.05, 4.69) is 44.9 Å². The van der Waals surface area contributed by atoms with Crippen molar-refractivity contribution in [3.05, 3.63) is 39.9 Å². The van der Waals surface area contributed by atoms with Crippen LogP contribution < -0.4 is 21.2 Å². The highest BCUT2D eigenvalue weighted by atomic mass is 16.7. The predicted octanol–water partition coefficient (Wildman–Crippen LogP) is 3.49. The van der Waals surface area contributed by atoms with Gasteiger partial charge in [-0.3, -0.25) is 9.59 Å². The normalized spacial score (nSPS) is 26.8. The number of aliphatic imine (C=N–C) groups is 1. The van der Waals surface area contributed by atoms with E-state index in [1.165, 1.54) is 0 Å². The maximum absolute atomic E-state index is 13.9. The van der Waals surface area contributed by atoms with Gasteiger partial charge >= 0.3 is 7.12 Å². The van der Waals surface area contributed by atoms with Crippen LogP contribution in [0.25, 0.3) is 0 Å². The molecule has 44 heavy (non-hydrogen) atoms. The Hall–Kier alpha value is -3.19. The molecule has 0 aromatic heterocycles. The van der Waals surface area contributed by atoms with E-state index in [1.807, 2.05) is 29.7 Å². The van der Waals surface area contributed by atoms with E-state index < -0.39 is 23.7 Å². The largest absolute Gasteiger partial charge is 0.497 e. The van der Waals surface area contributed by atoms with Gasteiger partial charge in [-0.2, -0.15) is 0 Å². The van der Waals surface area contributed by atoms with Gasteiger partial charge in [-0.15, -0.1) is 0 Å². The van der Waals surface area contributed by atoms with Crippen LogP contribution in [0.3, 0.4) is 0 Å². The molecule has 4 aliphatic rings. The minimum absolute atomic E-state index is 0.00725. The van der Waals surface area contributed by atoms with Crippen molar-refractivity contribution in [2.24, 2.45) is 39.8 Å². The summed E-state index contributed by atoms with van der Waals surface area (Å²) in [6, 6.07) is 7.31. The van der Waals surface area contributed by atoms with Crippen LogP contribution >= 0.6 is 0 Å². The summed E-state index contributed by atoms with van der Waals surface area (Å²) in [6.45, 7) is 11.2. The number of amides is 1. The standard InChI is InChI=1S/C31H48BN5O7/c1-19(2)13-27(32-43-26-18-22-17-25(30(22,3)4)31(26,5)44-32)35-28(39)21(10-8-12-34-29(33)36-37(40)41)16-23(38)14-20-9-7-11-24(15-20)42-6/h7,9,11,15,19,21-22,25-27H,8,10,12-14,16-18H2,1-6H3,(H,35,39)(H3,33,34,36)/t21-,22-,25-,26-,27+,31+/m1/s1. The second kappa shape index (κ2) is 13.8. The highest BCUT2D eigenvalue weighted by molar-refractivity contribution is 6.47. The molecule has 1 saturated heterocycles. The number of hydrogen-bond donors (Lipinski definition) is 3. The highest BCUT2D eigenvalue weighted by Crippen LogP contribution is 2.65. The molecule has 4 N–H and O–H groups in total. The third-order valence-corrected chi connectivity index (χ3v) is 9.93. The fourth-order valence-corrected chi connectivity index (χ4v) is 7.47. The number of rotatable bonds is 15. The first-order chi connectivity index (χ1) is 20.7. The number of nitrogens with one attached hydrogen (secondary N) is 2. The van der Waals surface area contributed by atoms with Gasteiger partial charge in [0.25, 0.3) is 5.96 Å². The summed E-state index contributed by atoms with van der Waals surface area (Å²) >= 11 is 0. The van der Waals surface area contributed by atoms with Crippen LogP contribution in [0.5, 0.6) is 5.75 Å². The number of nitrogens with zero attached hydrogens (tertiary/aromatic N) is 2. The molecule has 4 fully saturated rings. The number of guanidine groups is 1. The van der Waals surface area contributed by atoms with Crippen LogP contribution in [0.4, 0.5) is 0 Å². The number of carbonyl (C=O) groups is 2. The summed E-state index contributed by atoms with van der Waals surface area (Å²) in [5.74, 6) is 0.306. The molecule has 0 radical (unpaired) electrons. The molecule has 3 aliphatic carbocycles. The zero-order valence-electron chi connectivity index (χ0n) is 26.8. The summed E-state index contributed by atoms with van der Waals surface area (Å²) in [5, 5.41) is 13.0. The molecule has 12 nitrogen and oxygen atoms in total. The van der Waals surface area contributed by atoms with E-state index in [9.17, 15) is 19.7 Å². The van der Waals surface area contributed by atoms with E-state index in [1.54, 1.807) is 7.11 Å². The third-order valence-electron chi connectivity index (χ3n) is 9.93. The Morgan fingerprint density at radius 2 is 2.02 bits per heavy atom. The second-order valence-electron chi connectivity index (χ2n) is 13.8. The summed E-state index contributed by atoms with van der Waals surface area (Å²) in [6.07, 6.45) is 3.71. The van der Waals surface area contributed by atoms with Gasteiger partial charge in [0, 0.05) is 25.3 Å². The molecule has 13 heteroatoms. The Bertz CT molecular complexity index is 1240. The van der Waals surface area contributed by atoms with Gasteiger partial charge in [0.2, 0.25) is 5.91 Å². The van der Waals surface area contributed by atoms with Gasteiger partial charge in [0.15, 0.2) is 5.03 Å². The Morgan fingerprint density at radius 1 is 1.27 bits per heavy atom. The summed E-state index contributed by atoms with van der Waals surface area (Å²) in [5.41, 5.74) is 7.96. The summed E-state index contributed by atoms with van der Waals surface area (Å²) < 4.78 is 18.5. The lowest BCUT2D eigenvalue weighted by atomic mass is 9.43. The lowest BCUT2D eigenvalue weighted by Gasteiger charge is -2.64. The lowest BCUT2D eigenvalue weighted by molar-refractivity contribution is -0.525. The molecule has 0 spiro atoms. The molecule has 0 unspecified atom stereocenters. The van der Waals surface area contributed by atoms with E-state index in [0.717, 1.165) is 18.4 Å². The molecular formula is C31H48BN5O7.